The number of rotatable bonds is 2. The molecule has 0 bridgehead atoms. The quantitative estimate of drug-likeness (QED) is 0.481. The third-order valence-corrected chi connectivity index (χ3v) is 4.26. The second-order valence-electron chi connectivity index (χ2n) is 7.90. The summed E-state index contributed by atoms with van der Waals surface area (Å²) in [6, 6.07) is 0.497. The maximum Gasteiger partial charge on any atom is 0.311 e. The molecule has 0 aromatic heterocycles. The van der Waals surface area contributed by atoms with Crippen molar-refractivity contribution in [3.05, 3.63) is 0 Å². The molecule has 1 saturated carbocycles. The van der Waals surface area contributed by atoms with Gasteiger partial charge in [-0.25, -0.2) is 0 Å². The van der Waals surface area contributed by atoms with Crippen LogP contribution in [-0.4, -0.2) is 48.6 Å². The number of nitrogens with zero attached hydrogens (tertiary/aromatic N) is 2. The molecule has 2 atom stereocenters. The number of ether oxygens (including phenoxy) is 1. The van der Waals surface area contributed by atoms with Gasteiger partial charge < -0.3 is 15.0 Å². The summed E-state index contributed by atoms with van der Waals surface area (Å²) in [7, 11) is 1.80. The summed E-state index contributed by atoms with van der Waals surface area (Å²) < 4.78 is 5.48. The monoisotopic (exact) mass is 295 g/mol. The predicted octanol–water partition coefficient (Wildman–Crippen LogP) is 2.02. The van der Waals surface area contributed by atoms with Crippen molar-refractivity contribution < 1.29 is 9.53 Å². The zero-order chi connectivity index (χ0) is 15.8. The average molecular weight is 295 g/mol. The van der Waals surface area contributed by atoms with Crippen molar-refractivity contribution in [1.29, 1.82) is 0 Å². The van der Waals surface area contributed by atoms with E-state index < -0.39 is 5.60 Å². The summed E-state index contributed by atoms with van der Waals surface area (Å²) in [6.45, 7) is 11.8. The Labute approximate surface area is 128 Å². The molecule has 1 aliphatic heterocycles. The fourth-order valence-corrected chi connectivity index (χ4v) is 2.70. The van der Waals surface area contributed by atoms with Crippen molar-refractivity contribution in [2.24, 2.45) is 16.3 Å². The van der Waals surface area contributed by atoms with Crippen LogP contribution in [-0.2, 0) is 9.53 Å². The van der Waals surface area contributed by atoms with Gasteiger partial charge in [-0.2, -0.15) is 0 Å². The molecule has 2 unspecified atom stereocenters. The summed E-state index contributed by atoms with van der Waals surface area (Å²) in [6.07, 6.45) is 2.01. The lowest BCUT2D eigenvalue weighted by Crippen LogP contribution is -2.42. The SMILES string of the molecule is CN=C(NC1CC1(C)C)N1CCC(C(=O)OC(C)(C)C)C1. The fraction of sp³-hybridized carbons (Fsp3) is 0.875. The van der Waals surface area contributed by atoms with Crippen LogP contribution in [0.3, 0.4) is 0 Å². The smallest absolute Gasteiger partial charge is 0.311 e. The molecule has 5 heteroatoms. The Morgan fingerprint density at radius 1 is 1.38 bits per heavy atom. The van der Waals surface area contributed by atoms with Gasteiger partial charge in [0, 0.05) is 26.2 Å². The molecular weight excluding hydrogens is 266 g/mol. The van der Waals surface area contributed by atoms with Gasteiger partial charge >= 0.3 is 5.97 Å². The Kier molecular flexibility index (Phi) is 4.22. The number of carbonyl (C=O) groups is 1. The van der Waals surface area contributed by atoms with Gasteiger partial charge in [-0.05, 0) is 39.0 Å². The van der Waals surface area contributed by atoms with Crippen molar-refractivity contribution in [3.8, 4) is 0 Å². The fourth-order valence-electron chi connectivity index (χ4n) is 2.70. The molecule has 1 heterocycles. The van der Waals surface area contributed by atoms with Crippen molar-refractivity contribution in [1.82, 2.24) is 10.2 Å². The van der Waals surface area contributed by atoms with E-state index in [2.05, 4.69) is 29.1 Å². The standard InChI is InChI=1S/C16H29N3O2/c1-15(2,3)21-13(20)11-7-8-19(10-11)14(17-6)18-12-9-16(12,4)5/h11-12H,7-10H2,1-6H3,(H,17,18). The summed E-state index contributed by atoms with van der Waals surface area (Å²) >= 11 is 0. The van der Waals surface area contributed by atoms with Gasteiger partial charge in [0.15, 0.2) is 5.96 Å². The molecule has 1 N–H and O–H groups in total. The Bertz CT molecular complexity index is 437. The predicted molar refractivity (Wildman–Crippen MR) is 84.2 cm³/mol. The minimum atomic E-state index is -0.414. The molecule has 2 rings (SSSR count). The van der Waals surface area contributed by atoms with Gasteiger partial charge in [-0.1, -0.05) is 13.8 Å². The lowest BCUT2D eigenvalue weighted by molar-refractivity contribution is -0.159. The second-order valence-corrected chi connectivity index (χ2v) is 7.90. The zero-order valence-electron chi connectivity index (χ0n) is 14.2. The van der Waals surface area contributed by atoms with Gasteiger partial charge in [0.25, 0.3) is 0 Å². The molecule has 0 amide bonds. The van der Waals surface area contributed by atoms with E-state index >= 15 is 0 Å². The Balaban J connectivity index is 1.87. The molecule has 2 aliphatic rings. The average Bonchev–Trinajstić information content (AvgIpc) is 2.77. The maximum absolute atomic E-state index is 12.1. The summed E-state index contributed by atoms with van der Waals surface area (Å²) in [5, 5.41) is 3.50. The minimum Gasteiger partial charge on any atom is -0.460 e. The Morgan fingerprint density at radius 2 is 2.00 bits per heavy atom. The van der Waals surface area contributed by atoms with E-state index in [1.54, 1.807) is 7.05 Å². The zero-order valence-corrected chi connectivity index (χ0v) is 14.2. The van der Waals surface area contributed by atoms with E-state index in [4.69, 9.17) is 4.74 Å². The first-order valence-corrected chi connectivity index (χ1v) is 7.83. The van der Waals surface area contributed by atoms with Crippen LogP contribution in [0.5, 0.6) is 0 Å². The van der Waals surface area contributed by atoms with Crippen molar-refractivity contribution in [2.45, 2.75) is 59.1 Å². The number of hydrogen-bond acceptors (Lipinski definition) is 3. The number of aliphatic imine (C=N–C) groups is 1. The maximum atomic E-state index is 12.1. The molecule has 21 heavy (non-hydrogen) atoms. The van der Waals surface area contributed by atoms with Gasteiger partial charge in [0.05, 0.1) is 5.92 Å². The Morgan fingerprint density at radius 3 is 2.48 bits per heavy atom. The number of guanidine groups is 1. The molecule has 5 nitrogen and oxygen atoms in total. The van der Waals surface area contributed by atoms with Crippen LogP contribution in [0.2, 0.25) is 0 Å². The lowest BCUT2D eigenvalue weighted by Gasteiger charge is -2.24. The third kappa shape index (κ3) is 4.11. The van der Waals surface area contributed by atoms with E-state index in [-0.39, 0.29) is 11.9 Å². The van der Waals surface area contributed by atoms with Crippen molar-refractivity contribution >= 4 is 11.9 Å². The molecule has 1 saturated heterocycles. The summed E-state index contributed by atoms with van der Waals surface area (Å²) in [5.74, 6) is 0.777. The van der Waals surface area contributed by atoms with Crippen molar-refractivity contribution in [2.75, 3.05) is 20.1 Å². The minimum absolute atomic E-state index is 0.0463. The molecule has 0 spiro atoms. The van der Waals surface area contributed by atoms with Crippen LogP contribution in [0, 0.1) is 11.3 Å². The van der Waals surface area contributed by atoms with Gasteiger partial charge in [0.1, 0.15) is 5.60 Å². The van der Waals surface area contributed by atoms with Crippen LogP contribution in [0.15, 0.2) is 4.99 Å². The topological polar surface area (TPSA) is 53.9 Å². The van der Waals surface area contributed by atoms with Crippen LogP contribution < -0.4 is 5.32 Å². The molecule has 0 aromatic carbocycles. The highest BCUT2D eigenvalue weighted by atomic mass is 16.6. The first-order chi connectivity index (χ1) is 9.62. The molecule has 0 radical (unpaired) electrons. The molecule has 1 aliphatic carbocycles. The van der Waals surface area contributed by atoms with Crippen molar-refractivity contribution in [3.63, 3.8) is 0 Å². The Hall–Kier alpha value is -1.26. The lowest BCUT2D eigenvalue weighted by atomic mass is 10.1. The number of esters is 1. The number of hydrogen-bond donors (Lipinski definition) is 1. The molecular formula is C16H29N3O2. The highest BCUT2D eigenvalue weighted by Gasteiger charge is 2.47. The molecule has 120 valence electrons. The highest BCUT2D eigenvalue weighted by Crippen LogP contribution is 2.44. The van der Waals surface area contributed by atoms with Gasteiger partial charge in [0.2, 0.25) is 0 Å². The normalized spacial score (nSPS) is 28.5. The number of carbonyl (C=O) groups excluding carboxylic acids is 1. The first-order valence-electron chi connectivity index (χ1n) is 7.83. The van der Waals surface area contributed by atoms with Crippen LogP contribution in [0.25, 0.3) is 0 Å². The number of nitrogens with one attached hydrogen (secondary N) is 1. The highest BCUT2D eigenvalue weighted by molar-refractivity contribution is 5.82. The van der Waals surface area contributed by atoms with E-state index in [0.29, 0.717) is 18.0 Å². The summed E-state index contributed by atoms with van der Waals surface area (Å²) in [5.41, 5.74) is -0.0529. The third-order valence-electron chi connectivity index (χ3n) is 4.26. The van der Waals surface area contributed by atoms with E-state index in [9.17, 15) is 4.79 Å². The van der Waals surface area contributed by atoms with Gasteiger partial charge in [-0.3, -0.25) is 9.79 Å². The molecule has 0 aromatic rings. The van der Waals surface area contributed by atoms with Gasteiger partial charge in [-0.15, -0.1) is 0 Å². The second kappa shape index (κ2) is 5.50. The van der Waals surface area contributed by atoms with E-state index in [1.165, 1.54) is 6.42 Å². The number of likely N-dealkylation sites (tertiary alicyclic amines) is 1. The van der Waals surface area contributed by atoms with Crippen LogP contribution in [0.1, 0.15) is 47.5 Å². The molecule has 2 fully saturated rings. The summed E-state index contributed by atoms with van der Waals surface area (Å²) in [4.78, 5) is 18.7. The van der Waals surface area contributed by atoms with E-state index in [0.717, 1.165) is 18.9 Å². The van der Waals surface area contributed by atoms with Crippen LogP contribution in [0.4, 0.5) is 0 Å². The largest absolute Gasteiger partial charge is 0.460 e. The van der Waals surface area contributed by atoms with Crippen LogP contribution >= 0.6 is 0 Å². The first kappa shape index (κ1) is 16.1. The van der Waals surface area contributed by atoms with E-state index in [1.807, 2.05) is 20.8 Å².